The van der Waals surface area contributed by atoms with E-state index in [4.69, 9.17) is 38.8 Å². The van der Waals surface area contributed by atoms with E-state index in [9.17, 15) is 9.59 Å². The summed E-state index contributed by atoms with van der Waals surface area (Å²) in [6.45, 7) is 0.0568. The second-order valence-corrected chi connectivity index (χ2v) is 4.83. The standard InChI is InChI=1S/C12H14Cl2N2O4/c1-20-7(4-10(17)18)5-16-12(19)6-2-8(13)11(15)9(14)3-6/h2-3,7H,4-5,15H2,1H3,(H,16,19)(H,17,18). The van der Waals surface area contributed by atoms with E-state index in [1.807, 2.05) is 0 Å². The Bertz CT molecular complexity index is 499. The summed E-state index contributed by atoms with van der Waals surface area (Å²) >= 11 is 11.7. The fourth-order valence-corrected chi connectivity index (χ4v) is 1.94. The van der Waals surface area contributed by atoms with Crippen LogP contribution in [0.1, 0.15) is 16.8 Å². The summed E-state index contributed by atoms with van der Waals surface area (Å²) in [7, 11) is 1.37. The summed E-state index contributed by atoms with van der Waals surface area (Å²) in [4.78, 5) is 22.5. The van der Waals surface area contributed by atoms with Crippen LogP contribution >= 0.6 is 23.2 Å². The smallest absolute Gasteiger partial charge is 0.306 e. The summed E-state index contributed by atoms with van der Waals surface area (Å²) in [5, 5.41) is 11.6. The molecule has 1 amide bonds. The van der Waals surface area contributed by atoms with Gasteiger partial charge in [-0.15, -0.1) is 0 Å². The predicted molar refractivity (Wildman–Crippen MR) is 76.3 cm³/mol. The number of hydrogen-bond acceptors (Lipinski definition) is 4. The Morgan fingerprint density at radius 2 is 1.95 bits per heavy atom. The molecule has 0 fully saturated rings. The number of carbonyl (C=O) groups excluding carboxylic acids is 1. The van der Waals surface area contributed by atoms with Gasteiger partial charge in [0.15, 0.2) is 0 Å². The van der Waals surface area contributed by atoms with Crippen molar-refractivity contribution in [3.63, 3.8) is 0 Å². The molecule has 0 bridgehead atoms. The second kappa shape index (κ2) is 7.33. The van der Waals surface area contributed by atoms with E-state index in [1.165, 1.54) is 19.2 Å². The maximum atomic E-state index is 11.9. The van der Waals surface area contributed by atoms with Gasteiger partial charge in [0.2, 0.25) is 0 Å². The Labute approximate surface area is 125 Å². The van der Waals surface area contributed by atoms with Crippen molar-refractivity contribution in [2.45, 2.75) is 12.5 Å². The molecule has 0 saturated carbocycles. The molecule has 110 valence electrons. The van der Waals surface area contributed by atoms with Gasteiger partial charge < -0.3 is 20.9 Å². The van der Waals surface area contributed by atoms with Gasteiger partial charge in [0.25, 0.3) is 5.91 Å². The molecule has 1 atom stereocenters. The van der Waals surface area contributed by atoms with Crippen LogP contribution in [0.3, 0.4) is 0 Å². The van der Waals surface area contributed by atoms with Gasteiger partial charge in [0.05, 0.1) is 28.3 Å². The molecular weight excluding hydrogens is 307 g/mol. The molecule has 0 saturated heterocycles. The van der Waals surface area contributed by atoms with Gasteiger partial charge in [-0.05, 0) is 12.1 Å². The maximum absolute atomic E-state index is 11.9. The van der Waals surface area contributed by atoms with Crippen molar-refractivity contribution in [3.8, 4) is 0 Å². The summed E-state index contributed by atoms with van der Waals surface area (Å²) in [5.41, 5.74) is 6.00. The van der Waals surface area contributed by atoms with Gasteiger partial charge in [-0.25, -0.2) is 0 Å². The van der Waals surface area contributed by atoms with Crippen molar-refractivity contribution in [1.29, 1.82) is 0 Å². The number of carbonyl (C=O) groups is 2. The van der Waals surface area contributed by atoms with Crippen LogP contribution in [-0.4, -0.2) is 36.7 Å². The first-order chi connectivity index (χ1) is 9.35. The number of aliphatic carboxylic acids is 1. The SMILES string of the molecule is COC(CNC(=O)c1cc(Cl)c(N)c(Cl)c1)CC(=O)O. The van der Waals surface area contributed by atoms with Crippen LogP contribution in [0.15, 0.2) is 12.1 Å². The largest absolute Gasteiger partial charge is 0.481 e. The van der Waals surface area contributed by atoms with Crippen molar-refractivity contribution in [1.82, 2.24) is 5.32 Å². The third-order valence-corrected chi connectivity index (χ3v) is 3.19. The normalized spacial score (nSPS) is 11.9. The fourth-order valence-electron chi connectivity index (χ4n) is 1.46. The van der Waals surface area contributed by atoms with Crippen LogP contribution in [0.5, 0.6) is 0 Å². The number of anilines is 1. The molecule has 0 aliphatic heterocycles. The van der Waals surface area contributed by atoms with Crippen LogP contribution < -0.4 is 11.1 Å². The van der Waals surface area contributed by atoms with E-state index in [0.717, 1.165) is 0 Å². The van der Waals surface area contributed by atoms with E-state index in [2.05, 4.69) is 5.32 Å². The van der Waals surface area contributed by atoms with Crippen molar-refractivity contribution in [3.05, 3.63) is 27.7 Å². The zero-order valence-electron chi connectivity index (χ0n) is 10.7. The molecule has 0 radical (unpaired) electrons. The van der Waals surface area contributed by atoms with Gasteiger partial charge in [-0.2, -0.15) is 0 Å². The molecule has 0 aliphatic carbocycles. The lowest BCUT2D eigenvalue weighted by Crippen LogP contribution is -2.34. The monoisotopic (exact) mass is 320 g/mol. The van der Waals surface area contributed by atoms with Gasteiger partial charge in [0.1, 0.15) is 0 Å². The molecule has 1 rings (SSSR count). The quantitative estimate of drug-likeness (QED) is 0.694. The summed E-state index contributed by atoms with van der Waals surface area (Å²) < 4.78 is 4.95. The van der Waals surface area contributed by atoms with Gasteiger partial charge in [-0.3, -0.25) is 9.59 Å². The minimum Gasteiger partial charge on any atom is -0.481 e. The first-order valence-corrected chi connectivity index (χ1v) is 6.38. The number of ether oxygens (including phenoxy) is 1. The molecule has 1 aromatic rings. The third-order valence-electron chi connectivity index (χ3n) is 2.57. The van der Waals surface area contributed by atoms with Crippen molar-refractivity contribution in [2.24, 2.45) is 0 Å². The molecule has 0 spiro atoms. The Balaban J connectivity index is 2.69. The zero-order chi connectivity index (χ0) is 15.3. The number of rotatable bonds is 6. The van der Waals surface area contributed by atoms with Crippen LogP contribution in [0.2, 0.25) is 10.0 Å². The lowest BCUT2D eigenvalue weighted by atomic mass is 10.2. The molecule has 0 heterocycles. The Kier molecular flexibility index (Phi) is 6.06. The van der Waals surface area contributed by atoms with E-state index in [1.54, 1.807) is 0 Å². The number of nitrogens with one attached hydrogen (secondary N) is 1. The lowest BCUT2D eigenvalue weighted by molar-refractivity contribution is -0.139. The van der Waals surface area contributed by atoms with Gasteiger partial charge >= 0.3 is 5.97 Å². The number of benzene rings is 1. The average Bonchev–Trinajstić information content (AvgIpc) is 2.39. The maximum Gasteiger partial charge on any atom is 0.306 e. The van der Waals surface area contributed by atoms with Crippen LogP contribution in [0.25, 0.3) is 0 Å². The highest BCUT2D eigenvalue weighted by molar-refractivity contribution is 6.39. The number of halogens is 2. The molecule has 1 unspecified atom stereocenters. The third kappa shape index (κ3) is 4.56. The number of nitrogen functional groups attached to an aromatic ring is 1. The predicted octanol–water partition coefficient (Wildman–Crippen LogP) is 1.80. The molecule has 0 aromatic heterocycles. The van der Waals surface area contributed by atoms with E-state index >= 15 is 0 Å². The first-order valence-electron chi connectivity index (χ1n) is 5.62. The minimum absolute atomic E-state index is 0.0568. The number of carboxylic acids is 1. The summed E-state index contributed by atoms with van der Waals surface area (Å²) in [6, 6.07) is 2.77. The lowest BCUT2D eigenvalue weighted by Gasteiger charge is -2.14. The van der Waals surface area contributed by atoms with Crippen LogP contribution in [0.4, 0.5) is 5.69 Å². The van der Waals surface area contributed by atoms with Gasteiger partial charge in [0, 0.05) is 19.2 Å². The summed E-state index contributed by atoms with van der Waals surface area (Å²) in [6.07, 6.45) is -0.823. The highest BCUT2D eigenvalue weighted by Gasteiger charge is 2.15. The van der Waals surface area contributed by atoms with Crippen molar-refractivity contribution >= 4 is 40.8 Å². The molecule has 4 N–H and O–H groups in total. The number of carboxylic acid groups (broad SMARTS) is 1. The fraction of sp³-hybridized carbons (Fsp3) is 0.333. The highest BCUT2D eigenvalue weighted by Crippen LogP contribution is 2.28. The molecule has 8 heteroatoms. The minimum atomic E-state index is -1.01. The summed E-state index contributed by atoms with van der Waals surface area (Å²) in [5.74, 6) is -1.45. The molecule has 0 aliphatic rings. The van der Waals surface area contributed by atoms with E-state index in [-0.39, 0.29) is 34.3 Å². The molecule has 20 heavy (non-hydrogen) atoms. The first kappa shape index (κ1) is 16.6. The zero-order valence-corrected chi connectivity index (χ0v) is 12.2. The topological polar surface area (TPSA) is 102 Å². The van der Waals surface area contributed by atoms with Crippen LogP contribution in [-0.2, 0) is 9.53 Å². The molecular formula is C12H14Cl2N2O4. The molecule has 1 aromatic carbocycles. The highest BCUT2D eigenvalue weighted by atomic mass is 35.5. The Morgan fingerprint density at radius 3 is 2.40 bits per heavy atom. The van der Waals surface area contributed by atoms with Crippen molar-refractivity contribution in [2.75, 3.05) is 19.4 Å². The number of nitrogens with two attached hydrogens (primary N) is 1. The van der Waals surface area contributed by atoms with Crippen LogP contribution in [0, 0.1) is 0 Å². The van der Waals surface area contributed by atoms with Gasteiger partial charge in [-0.1, -0.05) is 23.2 Å². The van der Waals surface area contributed by atoms with E-state index in [0.29, 0.717) is 0 Å². The Morgan fingerprint density at radius 1 is 1.40 bits per heavy atom. The van der Waals surface area contributed by atoms with E-state index < -0.39 is 18.0 Å². The number of methoxy groups -OCH3 is 1. The average molecular weight is 321 g/mol. The molecule has 6 nitrogen and oxygen atoms in total. The Hall–Kier alpha value is -1.50. The second-order valence-electron chi connectivity index (χ2n) is 4.02. The van der Waals surface area contributed by atoms with Crippen molar-refractivity contribution < 1.29 is 19.4 Å². The number of hydrogen-bond donors (Lipinski definition) is 3. The number of amides is 1.